The molecule has 0 aliphatic carbocycles. The number of hydrogen-bond donors (Lipinski definition) is 1. The quantitative estimate of drug-likeness (QED) is 0.296. The van der Waals surface area contributed by atoms with E-state index in [0.29, 0.717) is 0 Å². The molecule has 0 aromatic heterocycles. The molecular formula is C5H8ClN3O5. The second-order valence-electron chi connectivity index (χ2n) is 2.64. The van der Waals surface area contributed by atoms with Crippen LogP contribution in [0, 0.1) is 20.2 Å². The number of amides is 1. The van der Waals surface area contributed by atoms with Gasteiger partial charge in [-0.2, -0.15) is 0 Å². The van der Waals surface area contributed by atoms with Gasteiger partial charge in [-0.1, -0.05) is 0 Å². The average molecular weight is 226 g/mol. The molecule has 0 fully saturated rings. The van der Waals surface area contributed by atoms with Crippen LogP contribution in [-0.2, 0) is 4.79 Å². The number of carbonyl (C=O) groups is 1. The van der Waals surface area contributed by atoms with E-state index >= 15 is 0 Å². The van der Waals surface area contributed by atoms with Crippen LogP contribution in [0.15, 0.2) is 0 Å². The fraction of sp³-hybridized carbons (Fsp3) is 0.800. The number of nitrogens with one attached hydrogen (secondary N) is 1. The van der Waals surface area contributed by atoms with Crippen molar-refractivity contribution in [1.82, 2.24) is 5.32 Å². The van der Waals surface area contributed by atoms with Crippen LogP contribution in [0.5, 0.6) is 0 Å². The van der Waals surface area contributed by atoms with Gasteiger partial charge in [0.2, 0.25) is 5.91 Å². The van der Waals surface area contributed by atoms with Crippen molar-refractivity contribution < 1.29 is 14.6 Å². The predicted molar refractivity (Wildman–Crippen MR) is 46.1 cm³/mol. The highest BCUT2D eigenvalue weighted by atomic mass is 35.5. The van der Waals surface area contributed by atoms with E-state index in [2.05, 4.69) is 0 Å². The number of alkyl halides is 1. The zero-order valence-electron chi connectivity index (χ0n) is 7.23. The Balaban J connectivity index is 4.47. The van der Waals surface area contributed by atoms with Gasteiger partial charge in [-0.05, 0) is 0 Å². The molecule has 0 bridgehead atoms. The minimum absolute atomic E-state index is 0.397. The lowest BCUT2D eigenvalue weighted by molar-refractivity contribution is -0.788. The molecule has 0 radical (unpaired) electrons. The third-order valence-electron chi connectivity index (χ3n) is 1.53. The third kappa shape index (κ3) is 2.80. The molecule has 0 heterocycles. The van der Waals surface area contributed by atoms with Crippen molar-refractivity contribution in [3.63, 3.8) is 0 Å². The molecule has 0 unspecified atom stereocenters. The lowest BCUT2D eigenvalue weighted by Gasteiger charge is -2.12. The number of nitrogens with zero attached hydrogens (tertiary/aromatic N) is 2. The zero-order chi connectivity index (χ0) is 11.4. The van der Waals surface area contributed by atoms with Crippen molar-refractivity contribution in [1.29, 1.82) is 0 Å². The maximum atomic E-state index is 10.6. The molecule has 0 saturated heterocycles. The number of carbonyl (C=O) groups excluding carboxylic acids is 1. The highest BCUT2D eigenvalue weighted by molar-refractivity contribution is 6.27. The molecule has 0 aliphatic rings. The van der Waals surface area contributed by atoms with E-state index in [9.17, 15) is 25.0 Å². The highest BCUT2D eigenvalue weighted by Gasteiger charge is 2.50. The maximum absolute atomic E-state index is 10.6. The SMILES string of the molecule is CC(CNC(=O)CCl)([N+](=O)[O-])[N+](=O)[O-]. The van der Waals surface area contributed by atoms with Crippen LogP contribution >= 0.6 is 11.6 Å². The summed E-state index contributed by atoms with van der Waals surface area (Å²) in [6, 6.07) is 0. The Morgan fingerprint density at radius 3 is 2.14 bits per heavy atom. The number of halogens is 1. The van der Waals surface area contributed by atoms with Crippen molar-refractivity contribution >= 4 is 17.5 Å². The Morgan fingerprint density at radius 2 is 1.86 bits per heavy atom. The minimum Gasteiger partial charge on any atom is -0.341 e. The molecule has 1 amide bonds. The van der Waals surface area contributed by atoms with Gasteiger partial charge < -0.3 is 5.32 Å². The van der Waals surface area contributed by atoms with E-state index in [1.165, 1.54) is 0 Å². The molecule has 0 spiro atoms. The molecule has 0 aromatic rings. The highest BCUT2D eigenvalue weighted by Crippen LogP contribution is 2.07. The van der Waals surface area contributed by atoms with Crippen LogP contribution in [-0.4, -0.2) is 33.8 Å². The standard InChI is InChI=1S/C5H8ClN3O5/c1-5(8(11)12,9(13)14)3-7-4(10)2-6/h2-3H2,1H3,(H,7,10). The van der Waals surface area contributed by atoms with Gasteiger partial charge in [0.1, 0.15) is 15.7 Å². The molecule has 0 aliphatic heterocycles. The Kier molecular flexibility index (Phi) is 4.22. The number of hydrogen-bond acceptors (Lipinski definition) is 5. The summed E-state index contributed by atoms with van der Waals surface area (Å²) in [4.78, 5) is 29.2. The molecule has 0 aromatic carbocycles. The van der Waals surface area contributed by atoms with Gasteiger partial charge in [0, 0.05) is 0 Å². The fourth-order valence-electron chi connectivity index (χ4n) is 0.509. The van der Waals surface area contributed by atoms with Crippen molar-refractivity contribution in [2.75, 3.05) is 12.4 Å². The Bertz CT molecular complexity index is 254. The van der Waals surface area contributed by atoms with Crippen LogP contribution in [0.25, 0.3) is 0 Å². The Labute approximate surface area is 83.5 Å². The van der Waals surface area contributed by atoms with Gasteiger partial charge in [-0.3, -0.25) is 25.0 Å². The molecule has 0 atom stereocenters. The van der Waals surface area contributed by atoms with Gasteiger partial charge in [0.25, 0.3) is 0 Å². The van der Waals surface area contributed by atoms with E-state index in [4.69, 9.17) is 11.6 Å². The van der Waals surface area contributed by atoms with Crippen LogP contribution in [0.4, 0.5) is 0 Å². The first-order valence-corrected chi connectivity index (χ1v) is 3.99. The summed E-state index contributed by atoms with van der Waals surface area (Å²) in [7, 11) is 0. The largest absolute Gasteiger partial charge is 0.472 e. The van der Waals surface area contributed by atoms with Gasteiger partial charge in [-0.15, -0.1) is 11.6 Å². The summed E-state index contributed by atoms with van der Waals surface area (Å²) in [5.74, 6) is -1.09. The van der Waals surface area contributed by atoms with Crippen LogP contribution in [0.1, 0.15) is 6.92 Å². The van der Waals surface area contributed by atoms with Gasteiger partial charge >= 0.3 is 5.66 Å². The predicted octanol–water partition coefficient (Wildman–Crippen LogP) is -0.389. The van der Waals surface area contributed by atoms with Crippen LogP contribution in [0.3, 0.4) is 0 Å². The summed E-state index contributed by atoms with van der Waals surface area (Å²) in [5.41, 5.74) is -2.41. The van der Waals surface area contributed by atoms with E-state index in [1.54, 1.807) is 0 Å². The van der Waals surface area contributed by atoms with Gasteiger partial charge in [0.15, 0.2) is 6.54 Å². The zero-order valence-corrected chi connectivity index (χ0v) is 7.98. The summed E-state index contributed by atoms with van der Waals surface area (Å²) < 4.78 is 0. The van der Waals surface area contributed by atoms with Gasteiger partial charge in [-0.25, -0.2) is 0 Å². The second kappa shape index (κ2) is 4.70. The molecule has 14 heavy (non-hydrogen) atoms. The first-order valence-electron chi connectivity index (χ1n) is 3.46. The maximum Gasteiger partial charge on any atom is 0.472 e. The van der Waals surface area contributed by atoms with Crippen LogP contribution < -0.4 is 5.32 Å². The second-order valence-corrected chi connectivity index (χ2v) is 2.91. The summed E-state index contributed by atoms with van der Waals surface area (Å²) in [6.45, 7) is 0.111. The Morgan fingerprint density at radius 1 is 1.43 bits per heavy atom. The Hall–Kier alpha value is -1.44. The molecule has 80 valence electrons. The first kappa shape index (κ1) is 12.6. The molecule has 8 nitrogen and oxygen atoms in total. The molecule has 0 rings (SSSR count). The molecule has 9 heteroatoms. The van der Waals surface area contributed by atoms with E-state index in [-0.39, 0.29) is 0 Å². The molecule has 0 saturated carbocycles. The van der Waals surface area contributed by atoms with Crippen molar-refractivity contribution in [2.45, 2.75) is 12.6 Å². The summed E-state index contributed by atoms with van der Waals surface area (Å²) in [6.07, 6.45) is 0. The third-order valence-corrected chi connectivity index (χ3v) is 1.77. The van der Waals surface area contributed by atoms with Crippen molar-refractivity contribution in [2.24, 2.45) is 0 Å². The monoisotopic (exact) mass is 225 g/mol. The lowest BCUT2D eigenvalue weighted by Crippen LogP contribution is -2.52. The minimum atomic E-state index is -2.41. The van der Waals surface area contributed by atoms with E-state index in [0.717, 1.165) is 6.92 Å². The average Bonchev–Trinajstić information content (AvgIpc) is 2.12. The van der Waals surface area contributed by atoms with E-state index < -0.39 is 33.8 Å². The number of rotatable bonds is 5. The molecule has 1 N–H and O–H groups in total. The normalized spacial score (nSPS) is 10.7. The summed E-state index contributed by atoms with van der Waals surface area (Å²) >= 11 is 5.09. The van der Waals surface area contributed by atoms with E-state index in [1.807, 2.05) is 5.32 Å². The fourth-order valence-corrected chi connectivity index (χ4v) is 0.604. The van der Waals surface area contributed by atoms with Crippen LogP contribution in [0.2, 0.25) is 0 Å². The summed E-state index contributed by atoms with van der Waals surface area (Å²) in [5, 5.41) is 22.7. The van der Waals surface area contributed by atoms with Crippen molar-refractivity contribution in [3.8, 4) is 0 Å². The first-order chi connectivity index (χ1) is 6.34. The molecular weight excluding hydrogens is 218 g/mol. The van der Waals surface area contributed by atoms with Crippen molar-refractivity contribution in [3.05, 3.63) is 20.2 Å². The van der Waals surface area contributed by atoms with Gasteiger partial charge in [0.05, 0.1) is 6.92 Å². The lowest BCUT2D eigenvalue weighted by atomic mass is 10.2. The number of nitro groups is 2. The topological polar surface area (TPSA) is 115 Å². The smallest absolute Gasteiger partial charge is 0.341 e.